The molecule has 0 unspecified atom stereocenters. The van der Waals surface area contributed by atoms with Crippen LogP contribution in [0.5, 0.6) is 5.88 Å². The zero-order chi connectivity index (χ0) is 18.9. The third-order valence-corrected chi connectivity index (χ3v) is 3.87. The summed E-state index contributed by atoms with van der Waals surface area (Å²) < 4.78 is 46.8. The molecule has 0 aliphatic rings. The Morgan fingerprint density at radius 3 is 2.22 bits per heavy atom. The van der Waals surface area contributed by atoms with E-state index >= 15 is 0 Å². The van der Waals surface area contributed by atoms with Gasteiger partial charge < -0.3 is 4.74 Å². The Kier molecular flexibility index (Phi) is 4.23. The molecule has 0 amide bonds. The lowest BCUT2D eigenvalue weighted by atomic mass is 10.2. The van der Waals surface area contributed by atoms with E-state index in [2.05, 4.69) is 15.1 Å². The summed E-state index contributed by atoms with van der Waals surface area (Å²) in [5, 5.41) is 4.48. The lowest BCUT2D eigenvalue weighted by molar-refractivity contribution is -0.145. The van der Waals surface area contributed by atoms with Gasteiger partial charge in [-0.2, -0.15) is 23.3 Å². The molecule has 0 radical (unpaired) electrons. The number of ether oxygens (including phenoxy) is 1. The first-order chi connectivity index (χ1) is 13.0. The second-order valence-electron chi connectivity index (χ2n) is 5.75. The van der Waals surface area contributed by atoms with Crippen LogP contribution in [0.2, 0.25) is 0 Å². The zero-order valence-electron chi connectivity index (χ0n) is 13.9. The summed E-state index contributed by atoms with van der Waals surface area (Å²) in [5.41, 5.74) is 1.44. The molecule has 4 rings (SSSR count). The molecule has 8 heteroatoms. The number of aromatic nitrogens is 4. The fourth-order valence-electron chi connectivity index (χ4n) is 2.60. The van der Waals surface area contributed by atoms with Gasteiger partial charge in [0.05, 0.1) is 11.9 Å². The summed E-state index contributed by atoms with van der Waals surface area (Å²) in [6.07, 6.45) is -3.30. The van der Waals surface area contributed by atoms with Gasteiger partial charge >= 0.3 is 6.18 Å². The Morgan fingerprint density at radius 2 is 1.56 bits per heavy atom. The summed E-state index contributed by atoms with van der Waals surface area (Å²) in [7, 11) is 0. The topological polar surface area (TPSA) is 52.8 Å². The lowest BCUT2D eigenvalue weighted by Crippen LogP contribution is -2.13. The number of benzene rings is 2. The Balaban J connectivity index is 1.81. The van der Waals surface area contributed by atoms with Crippen molar-refractivity contribution >= 4 is 11.0 Å². The van der Waals surface area contributed by atoms with E-state index in [1.54, 1.807) is 30.3 Å². The molecule has 27 heavy (non-hydrogen) atoms. The average molecular weight is 370 g/mol. The molecule has 4 aromatic rings. The van der Waals surface area contributed by atoms with Gasteiger partial charge in [0.2, 0.25) is 11.7 Å². The summed E-state index contributed by atoms with van der Waals surface area (Å²) in [6, 6.07) is 17.9. The van der Waals surface area contributed by atoms with Gasteiger partial charge in [-0.25, -0.2) is 9.67 Å². The van der Waals surface area contributed by atoms with E-state index < -0.39 is 12.0 Å². The highest BCUT2D eigenvalue weighted by Gasteiger charge is 2.36. The van der Waals surface area contributed by atoms with Crippen LogP contribution in [-0.4, -0.2) is 19.7 Å². The molecule has 2 aromatic heterocycles. The Labute approximate surface area is 152 Å². The first-order valence-electron chi connectivity index (χ1n) is 8.07. The van der Waals surface area contributed by atoms with Gasteiger partial charge in [0, 0.05) is 0 Å². The van der Waals surface area contributed by atoms with Crippen LogP contribution in [0.3, 0.4) is 0 Å². The Bertz CT molecular complexity index is 1060. The fraction of sp³-hybridized carbons (Fsp3) is 0.105. The molecule has 0 bridgehead atoms. The highest BCUT2D eigenvalue weighted by Crippen LogP contribution is 2.32. The van der Waals surface area contributed by atoms with Crippen molar-refractivity contribution in [1.82, 2.24) is 19.7 Å². The second-order valence-corrected chi connectivity index (χ2v) is 5.75. The van der Waals surface area contributed by atoms with Crippen LogP contribution >= 0.6 is 0 Å². The number of alkyl halides is 3. The molecule has 0 saturated carbocycles. The van der Waals surface area contributed by atoms with Crippen LogP contribution in [-0.2, 0) is 12.8 Å². The molecular weight excluding hydrogens is 357 g/mol. The maximum atomic E-state index is 13.3. The van der Waals surface area contributed by atoms with Gasteiger partial charge in [0.15, 0.2) is 5.65 Å². The Hall–Kier alpha value is -3.42. The van der Waals surface area contributed by atoms with Crippen molar-refractivity contribution in [2.24, 2.45) is 0 Å². The summed E-state index contributed by atoms with van der Waals surface area (Å²) in [4.78, 5) is 7.27. The second kappa shape index (κ2) is 6.71. The van der Waals surface area contributed by atoms with E-state index in [9.17, 15) is 13.2 Å². The van der Waals surface area contributed by atoms with Crippen LogP contribution in [0.25, 0.3) is 16.7 Å². The molecule has 0 atom stereocenters. The smallest absolute Gasteiger partial charge is 0.451 e. The number of para-hydroxylation sites is 1. The predicted octanol–water partition coefficient (Wildman–Crippen LogP) is 4.41. The van der Waals surface area contributed by atoms with E-state index in [-0.39, 0.29) is 18.1 Å². The van der Waals surface area contributed by atoms with E-state index in [0.717, 1.165) is 5.56 Å². The highest BCUT2D eigenvalue weighted by molar-refractivity contribution is 5.81. The van der Waals surface area contributed by atoms with Crippen LogP contribution in [0.4, 0.5) is 13.2 Å². The molecule has 2 aromatic carbocycles. The molecule has 0 saturated heterocycles. The number of hydrogen-bond acceptors (Lipinski definition) is 4. The SMILES string of the molecule is FC(F)(F)c1nc(OCc2ccccc2)c2cnn(-c3ccccc3)c2n1. The van der Waals surface area contributed by atoms with Gasteiger partial charge in [0.25, 0.3) is 0 Å². The minimum absolute atomic E-state index is 0.0339. The van der Waals surface area contributed by atoms with Crippen molar-refractivity contribution in [3.63, 3.8) is 0 Å². The highest BCUT2D eigenvalue weighted by atomic mass is 19.4. The first kappa shape index (κ1) is 17.0. The number of fused-ring (bicyclic) bond motifs is 1. The minimum Gasteiger partial charge on any atom is -0.472 e. The van der Waals surface area contributed by atoms with E-state index in [1.807, 2.05) is 30.3 Å². The third-order valence-electron chi connectivity index (χ3n) is 3.87. The Morgan fingerprint density at radius 1 is 0.889 bits per heavy atom. The lowest BCUT2D eigenvalue weighted by Gasteiger charge is -2.11. The van der Waals surface area contributed by atoms with Crippen LogP contribution < -0.4 is 4.74 Å². The maximum Gasteiger partial charge on any atom is 0.451 e. The number of hydrogen-bond donors (Lipinski definition) is 0. The van der Waals surface area contributed by atoms with E-state index in [0.29, 0.717) is 11.1 Å². The average Bonchev–Trinajstić information content (AvgIpc) is 3.11. The molecule has 0 spiro atoms. The molecule has 5 nitrogen and oxygen atoms in total. The van der Waals surface area contributed by atoms with Gasteiger partial charge in [0.1, 0.15) is 12.0 Å². The molecule has 0 fully saturated rings. The van der Waals surface area contributed by atoms with Crippen molar-refractivity contribution < 1.29 is 17.9 Å². The van der Waals surface area contributed by atoms with Crippen LogP contribution in [0, 0.1) is 0 Å². The van der Waals surface area contributed by atoms with Gasteiger partial charge in [-0.05, 0) is 17.7 Å². The maximum absolute atomic E-state index is 13.3. The number of nitrogens with zero attached hydrogens (tertiary/aromatic N) is 4. The summed E-state index contributed by atoms with van der Waals surface area (Å²) in [6.45, 7) is 0.0841. The van der Waals surface area contributed by atoms with E-state index in [4.69, 9.17) is 4.74 Å². The zero-order valence-corrected chi connectivity index (χ0v) is 13.9. The van der Waals surface area contributed by atoms with Gasteiger partial charge in [-0.15, -0.1) is 0 Å². The molecular formula is C19H13F3N4O. The standard InChI is InChI=1S/C19H13F3N4O/c20-19(21,22)18-24-16-15(11-23-26(16)14-9-5-2-6-10-14)17(25-18)27-12-13-7-3-1-4-8-13/h1-11H,12H2. The fourth-order valence-corrected chi connectivity index (χ4v) is 2.60. The molecule has 136 valence electrons. The monoisotopic (exact) mass is 370 g/mol. The van der Waals surface area contributed by atoms with Crippen molar-refractivity contribution in [1.29, 1.82) is 0 Å². The third kappa shape index (κ3) is 3.46. The van der Waals surface area contributed by atoms with Gasteiger partial charge in [-0.1, -0.05) is 48.5 Å². The van der Waals surface area contributed by atoms with Crippen LogP contribution in [0.1, 0.15) is 11.4 Å². The number of rotatable bonds is 4. The van der Waals surface area contributed by atoms with Crippen molar-refractivity contribution in [3.05, 3.63) is 78.2 Å². The van der Waals surface area contributed by atoms with Crippen molar-refractivity contribution in [2.75, 3.05) is 0 Å². The first-order valence-corrected chi connectivity index (χ1v) is 8.07. The summed E-state index contributed by atoms with van der Waals surface area (Å²) in [5.74, 6) is -1.42. The predicted molar refractivity (Wildman–Crippen MR) is 92.4 cm³/mol. The number of halogens is 3. The van der Waals surface area contributed by atoms with Crippen LogP contribution in [0.15, 0.2) is 66.9 Å². The minimum atomic E-state index is -4.70. The normalized spacial score (nSPS) is 11.7. The molecule has 2 heterocycles. The summed E-state index contributed by atoms with van der Waals surface area (Å²) >= 11 is 0. The van der Waals surface area contributed by atoms with Crippen molar-refractivity contribution in [3.8, 4) is 11.6 Å². The van der Waals surface area contributed by atoms with Crippen molar-refractivity contribution in [2.45, 2.75) is 12.8 Å². The molecule has 0 aliphatic heterocycles. The quantitative estimate of drug-likeness (QED) is 0.534. The van der Waals surface area contributed by atoms with E-state index in [1.165, 1.54) is 10.9 Å². The van der Waals surface area contributed by atoms with Gasteiger partial charge in [-0.3, -0.25) is 0 Å². The largest absolute Gasteiger partial charge is 0.472 e. The molecule has 0 aliphatic carbocycles. The molecule has 0 N–H and O–H groups in total.